The molecule has 2 aromatic rings. The molecule has 5 nitrogen and oxygen atoms in total. The number of nitrogens with one attached hydrogen (secondary N) is 1. The zero-order valence-electron chi connectivity index (χ0n) is 11.7. The van der Waals surface area contributed by atoms with E-state index >= 15 is 0 Å². The molecule has 0 atom stereocenters. The average Bonchev–Trinajstić information content (AvgIpc) is 2.72. The van der Waals surface area contributed by atoms with Crippen LogP contribution in [0.25, 0.3) is 10.9 Å². The molecule has 0 radical (unpaired) electrons. The number of aromatic nitrogens is 1. The van der Waals surface area contributed by atoms with Crippen LogP contribution in [0.15, 0.2) is 24.4 Å². The van der Waals surface area contributed by atoms with Gasteiger partial charge in [-0.05, 0) is 38.2 Å². The lowest BCUT2D eigenvalue weighted by atomic mass is 10.1. The molecule has 0 spiro atoms. The van der Waals surface area contributed by atoms with Crippen LogP contribution >= 0.6 is 0 Å². The number of nitrogens with two attached hydrogens (primary N) is 1. The molecular formula is C15H20N4O. The number of carbonyl (C=O) groups excluding carboxylic acids is 1. The summed E-state index contributed by atoms with van der Waals surface area (Å²) in [4.78, 5) is 20.0. The van der Waals surface area contributed by atoms with E-state index < -0.39 is 0 Å². The van der Waals surface area contributed by atoms with Crippen molar-refractivity contribution >= 4 is 22.5 Å². The third-order valence-corrected chi connectivity index (χ3v) is 3.94. The Morgan fingerprint density at radius 3 is 2.95 bits per heavy atom. The number of aromatic amines is 1. The lowest BCUT2D eigenvalue weighted by Gasteiger charge is -2.20. The first-order chi connectivity index (χ1) is 9.65. The van der Waals surface area contributed by atoms with Crippen LogP contribution in [0.5, 0.6) is 0 Å². The van der Waals surface area contributed by atoms with E-state index in [1.165, 1.54) is 0 Å². The molecule has 1 aromatic heterocycles. The predicted octanol–water partition coefficient (Wildman–Crippen LogP) is 1.53. The molecule has 3 rings (SSSR count). The summed E-state index contributed by atoms with van der Waals surface area (Å²) in [5.74, 6) is 0.0946. The summed E-state index contributed by atoms with van der Waals surface area (Å²) in [5, 5.41) is 0.910. The number of nitrogen functional groups attached to an aromatic ring is 1. The molecule has 5 heteroatoms. The highest BCUT2D eigenvalue weighted by Crippen LogP contribution is 2.22. The van der Waals surface area contributed by atoms with Gasteiger partial charge in [-0.15, -0.1) is 0 Å². The second-order valence-electron chi connectivity index (χ2n) is 5.46. The Hall–Kier alpha value is -2.01. The van der Waals surface area contributed by atoms with Gasteiger partial charge in [0.1, 0.15) is 0 Å². The molecule has 1 saturated heterocycles. The molecule has 3 N–H and O–H groups in total. The van der Waals surface area contributed by atoms with Crippen LogP contribution in [0.4, 0.5) is 5.69 Å². The monoisotopic (exact) mass is 272 g/mol. The number of H-pyrrole nitrogens is 1. The van der Waals surface area contributed by atoms with Gasteiger partial charge in [0.2, 0.25) is 0 Å². The van der Waals surface area contributed by atoms with Crippen LogP contribution in [0.1, 0.15) is 16.8 Å². The first kappa shape index (κ1) is 13.0. The summed E-state index contributed by atoms with van der Waals surface area (Å²) in [6.07, 6.45) is 2.81. The van der Waals surface area contributed by atoms with Gasteiger partial charge in [0.25, 0.3) is 5.91 Å². The smallest absolute Gasteiger partial charge is 0.256 e. The predicted molar refractivity (Wildman–Crippen MR) is 80.7 cm³/mol. The maximum atomic E-state index is 12.7. The van der Waals surface area contributed by atoms with Gasteiger partial charge in [-0.25, -0.2) is 0 Å². The number of hydrogen-bond donors (Lipinski definition) is 2. The van der Waals surface area contributed by atoms with Crippen molar-refractivity contribution in [3.05, 3.63) is 30.0 Å². The fourth-order valence-electron chi connectivity index (χ4n) is 2.74. The van der Waals surface area contributed by atoms with Gasteiger partial charge in [0, 0.05) is 42.4 Å². The minimum absolute atomic E-state index is 0.0946. The van der Waals surface area contributed by atoms with Crippen LogP contribution in [0.2, 0.25) is 0 Å². The first-order valence-corrected chi connectivity index (χ1v) is 6.99. The summed E-state index contributed by atoms with van der Waals surface area (Å²) in [6, 6.07) is 5.62. The van der Waals surface area contributed by atoms with Gasteiger partial charge in [0.15, 0.2) is 0 Å². The van der Waals surface area contributed by atoms with Crippen molar-refractivity contribution in [2.45, 2.75) is 6.42 Å². The second-order valence-corrected chi connectivity index (χ2v) is 5.46. The fraction of sp³-hybridized carbons (Fsp3) is 0.400. The van der Waals surface area contributed by atoms with Crippen molar-refractivity contribution in [1.82, 2.24) is 14.8 Å². The molecule has 106 valence electrons. The topological polar surface area (TPSA) is 65.4 Å². The number of amides is 1. The highest BCUT2D eigenvalue weighted by atomic mass is 16.2. The van der Waals surface area contributed by atoms with Gasteiger partial charge >= 0.3 is 0 Å². The van der Waals surface area contributed by atoms with E-state index in [-0.39, 0.29) is 5.91 Å². The Morgan fingerprint density at radius 2 is 2.10 bits per heavy atom. The van der Waals surface area contributed by atoms with Crippen molar-refractivity contribution in [2.75, 3.05) is 39.0 Å². The molecule has 0 aliphatic carbocycles. The minimum atomic E-state index is 0.0946. The van der Waals surface area contributed by atoms with E-state index in [1.54, 1.807) is 6.20 Å². The zero-order valence-corrected chi connectivity index (χ0v) is 11.7. The summed E-state index contributed by atoms with van der Waals surface area (Å²) in [6.45, 7) is 3.57. The summed E-state index contributed by atoms with van der Waals surface area (Å²) >= 11 is 0. The number of likely N-dealkylation sites (N-methyl/N-ethyl adjacent to an activating group) is 1. The van der Waals surface area contributed by atoms with Crippen molar-refractivity contribution in [1.29, 1.82) is 0 Å². The molecule has 1 fully saturated rings. The molecule has 20 heavy (non-hydrogen) atoms. The van der Waals surface area contributed by atoms with E-state index in [0.717, 1.165) is 49.1 Å². The SMILES string of the molecule is CN1CCCN(C(=O)c2c[nH]c3ccc(N)cc23)CC1. The number of anilines is 1. The maximum Gasteiger partial charge on any atom is 0.256 e. The Morgan fingerprint density at radius 1 is 1.25 bits per heavy atom. The zero-order chi connectivity index (χ0) is 14.1. The lowest BCUT2D eigenvalue weighted by molar-refractivity contribution is 0.0765. The normalized spacial score (nSPS) is 17.4. The highest BCUT2D eigenvalue weighted by Gasteiger charge is 2.21. The summed E-state index contributed by atoms with van der Waals surface area (Å²) in [7, 11) is 2.10. The second kappa shape index (κ2) is 5.17. The fourth-order valence-corrected chi connectivity index (χ4v) is 2.74. The summed E-state index contributed by atoms with van der Waals surface area (Å²) in [5.41, 5.74) is 8.18. The van der Waals surface area contributed by atoms with E-state index in [2.05, 4.69) is 16.9 Å². The maximum absolute atomic E-state index is 12.7. The first-order valence-electron chi connectivity index (χ1n) is 6.99. The van der Waals surface area contributed by atoms with Gasteiger partial charge in [-0.2, -0.15) is 0 Å². The lowest BCUT2D eigenvalue weighted by Crippen LogP contribution is -2.34. The largest absolute Gasteiger partial charge is 0.399 e. The van der Waals surface area contributed by atoms with Gasteiger partial charge in [0.05, 0.1) is 5.56 Å². The molecular weight excluding hydrogens is 252 g/mol. The molecule has 1 amide bonds. The van der Waals surface area contributed by atoms with E-state index in [1.807, 2.05) is 23.1 Å². The van der Waals surface area contributed by atoms with Gasteiger partial charge < -0.3 is 20.5 Å². The van der Waals surface area contributed by atoms with Crippen molar-refractivity contribution < 1.29 is 4.79 Å². The van der Waals surface area contributed by atoms with Crippen LogP contribution < -0.4 is 5.73 Å². The molecule has 1 aliphatic rings. The molecule has 2 heterocycles. The summed E-state index contributed by atoms with van der Waals surface area (Å²) < 4.78 is 0. The standard InChI is InChI=1S/C15H20N4O/c1-18-5-2-6-19(8-7-18)15(20)13-10-17-14-4-3-11(16)9-12(13)14/h3-4,9-10,17H,2,5-8,16H2,1H3. The van der Waals surface area contributed by atoms with Crippen LogP contribution in [0, 0.1) is 0 Å². The van der Waals surface area contributed by atoms with Gasteiger partial charge in [-0.1, -0.05) is 0 Å². The molecule has 1 aliphatic heterocycles. The van der Waals surface area contributed by atoms with E-state index in [0.29, 0.717) is 5.69 Å². The molecule has 0 unspecified atom stereocenters. The molecule has 0 saturated carbocycles. The number of benzene rings is 1. The number of hydrogen-bond acceptors (Lipinski definition) is 3. The van der Waals surface area contributed by atoms with Crippen molar-refractivity contribution in [3.63, 3.8) is 0 Å². The number of fused-ring (bicyclic) bond motifs is 1. The third kappa shape index (κ3) is 2.36. The van der Waals surface area contributed by atoms with Crippen LogP contribution in [-0.2, 0) is 0 Å². The molecule has 0 bridgehead atoms. The number of carbonyl (C=O) groups is 1. The minimum Gasteiger partial charge on any atom is -0.399 e. The van der Waals surface area contributed by atoms with Gasteiger partial charge in [-0.3, -0.25) is 4.79 Å². The quantitative estimate of drug-likeness (QED) is 0.774. The van der Waals surface area contributed by atoms with Crippen LogP contribution in [0.3, 0.4) is 0 Å². The highest BCUT2D eigenvalue weighted by molar-refractivity contribution is 6.07. The average molecular weight is 272 g/mol. The Balaban J connectivity index is 1.90. The Bertz CT molecular complexity index is 634. The number of nitrogens with zero attached hydrogens (tertiary/aromatic N) is 2. The third-order valence-electron chi connectivity index (χ3n) is 3.94. The van der Waals surface area contributed by atoms with Crippen molar-refractivity contribution in [3.8, 4) is 0 Å². The molecule has 1 aromatic carbocycles. The van der Waals surface area contributed by atoms with Crippen LogP contribution in [-0.4, -0.2) is 53.9 Å². The Kier molecular flexibility index (Phi) is 3.36. The van der Waals surface area contributed by atoms with Crippen molar-refractivity contribution in [2.24, 2.45) is 0 Å². The number of rotatable bonds is 1. The Labute approximate surface area is 118 Å². The van der Waals surface area contributed by atoms with E-state index in [9.17, 15) is 4.79 Å². The van der Waals surface area contributed by atoms with E-state index in [4.69, 9.17) is 5.73 Å².